The zero-order valence-electron chi connectivity index (χ0n) is 14.3. The summed E-state index contributed by atoms with van der Waals surface area (Å²) in [5.74, 6) is 0.972. The Labute approximate surface area is 145 Å². The van der Waals surface area contributed by atoms with Crippen LogP contribution in [0.1, 0.15) is 31.6 Å². The minimum Gasteiger partial charge on any atom is -0.468 e. The minimum atomic E-state index is -0.973. The highest BCUT2D eigenvalue weighted by atomic mass is 16.5. The molecule has 1 atom stereocenters. The van der Waals surface area contributed by atoms with Crippen LogP contribution in [0.5, 0.6) is 0 Å². The normalized spacial score (nSPS) is 20.7. The van der Waals surface area contributed by atoms with Gasteiger partial charge < -0.3 is 14.2 Å². The Kier molecular flexibility index (Phi) is 3.59. The molecule has 1 aliphatic carbocycles. The van der Waals surface area contributed by atoms with Crippen LogP contribution in [0.3, 0.4) is 0 Å². The quantitative estimate of drug-likeness (QED) is 0.629. The fraction of sp³-hybridized carbons (Fsp3) is 0.444. The number of fused-ring (bicyclic) bond motifs is 1. The van der Waals surface area contributed by atoms with Gasteiger partial charge >= 0.3 is 5.97 Å². The summed E-state index contributed by atoms with van der Waals surface area (Å²) >= 11 is 0. The lowest BCUT2D eigenvalue weighted by atomic mass is 10.0. The molecule has 2 heterocycles. The van der Waals surface area contributed by atoms with E-state index in [0.29, 0.717) is 25.9 Å². The van der Waals surface area contributed by atoms with Gasteiger partial charge in [-0.05, 0) is 19.8 Å². The van der Waals surface area contributed by atoms with Crippen molar-refractivity contribution in [1.82, 2.24) is 19.7 Å². The summed E-state index contributed by atoms with van der Waals surface area (Å²) in [6.45, 7) is 2.93. The van der Waals surface area contributed by atoms with E-state index in [1.165, 1.54) is 7.11 Å². The molecule has 0 radical (unpaired) electrons. The number of hydrogen-bond acceptors (Lipinski definition) is 5. The van der Waals surface area contributed by atoms with Gasteiger partial charge in [0.25, 0.3) is 0 Å². The van der Waals surface area contributed by atoms with E-state index in [4.69, 9.17) is 4.74 Å². The van der Waals surface area contributed by atoms with E-state index in [-0.39, 0.29) is 11.9 Å². The van der Waals surface area contributed by atoms with Crippen molar-refractivity contribution < 1.29 is 14.3 Å². The number of nitrogens with zero attached hydrogens (tertiary/aromatic N) is 4. The van der Waals surface area contributed by atoms with Crippen molar-refractivity contribution in [2.75, 3.05) is 13.7 Å². The van der Waals surface area contributed by atoms with Gasteiger partial charge in [-0.15, -0.1) is 10.2 Å². The summed E-state index contributed by atoms with van der Waals surface area (Å²) < 4.78 is 6.91. The van der Waals surface area contributed by atoms with Gasteiger partial charge in [0, 0.05) is 12.1 Å². The van der Waals surface area contributed by atoms with Crippen molar-refractivity contribution in [2.45, 2.75) is 32.4 Å². The molecule has 130 valence electrons. The van der Waals surface area contributed by atoms with E-state index in [1.807, 2.05) is 37.3 Å². The number of hydrogen-bond donors (Lipinski definition) is 0. The topological polar surface area (TPSA) is 77.3 Å². The predicted octanol–water partition coefficient (Wildman–Crippen LogP) is 1.80. The molecule has 7 heteroatoms. The van der Waals surface area contributed by atoms with Crippen molar-refractivity contribution >= 4 is 11.9 Å². The fourth-order valence-electron chi connectivity index (χ4n) is 3.60. The molecular formula is C18H20N4O3. The first-order valence-corrected chi connectivity index (χ1v) is 8.44. The molecule has 1 saturated carbocycles. The van der Waals surface area contributed by atoms with Crippen LogP contribution in [0.25, 0.3) is 11.4 Å². The molecular weight excluding hydrogens is 320 g/mol. The molecule has 1 aromatic carbocycles. The van der Waals surface area contributed by atoms with E-state index >= 15 is 0 Å². The van der Waals surface area contributed by atoms with Gasteiger partial charge in [-0.2, -0.15) is 0 Å². The molecule has 1 aromatic heterocycles. The molecule has 0 saturated heterocycles. The summed E-state index contributed by atoms with van der Waals surface area (Å²) in [4.78, 5) is 26.6. The second-order valence-corrected chi connectivity index (χ2v) is 6.78. The molecule has 1 fully saturated rings. The third-order valence-electron chi connectivity index (χ3n) is 5.08. The van der Waals surface area contributed by atoms with Gasteiger partial charge in [0.1, 0.15) is 5.41 Å². The lowest BCUT2D eigenvalue weighted by Crippen LogP contribution is -2.46. The fourth-order valence-corrected chi connectivity index (χ4v) is 3.60. The molecule has 0 spiro atoms. The van der Waals surface area contributed by atoms with Crippen molar-refractivity contribution in [2.24, 2.45) is 5.41 Å². The maximum Gasteiger partial charge on any atom is 0.321 e. The highest BCUT2D eigenvalue weighted by Gasteiger charge is 2.59. The van der Waals surface area contributed by atoms with E-state index in [2.05, 4.69) is 14.8 Å². The third-order valence-corrected chi connectivity index (χ3v) is 5.08. The van der Waals surface area contributed by atoms with E-state index < -0.39 is 11.4 Å². The molecule has 0 N–H and O–H groups in total. The number of esters is 1. The van der Waals surface area contributed by atoms with Gasteiger partial charge in [-0.1, -0.05) is 30.3 Å². The average molecular weight is 340 g/mol. The van der Waals surface area contributed by atoms with Crippen LogP contribution in [0.4, 0.5) is 0 Å². The van der Waals surface area contributed by atoms with Gasteiger partial charge in [0.15, 0.2) is 11.6 Å². The number of rotatable bonds is 3. The molecule has 0 bridgehead atoms. The Bertz CT molecular complexity index is 826. The second-order valence-electron chi connectivity index (χ2n) is 6.78. The number of carbonyl (C=O) groups excluding carboxylic acids is 2. The largest absolute Gasteiger partial charge is 0.468 e. The number of amides is 1. The molecule has 0 unspecified atom stereocenters. The van der Waals surface area contributed by atoms with Crippen molar-refractivity contribution in [1.29, 1.82) is 0 Å². The van der Waals surface area contributed by atoms with Gasteiger partial charge in [-0.25, -0.2) is 0 Å². The first kappa shape index (κ1) is 15.8. The minimum absolute atomic E-state index is 0.0337. The van der Waals surface area contributed by atoms with Crippen LogP contribution in [0, 0.1) is 5.41 Å². The number of methoxy groups -OCH3 is 1. The average Bonchev–Trinajstić information content (AvgIpc) is 3.34. The first-order chi connectivity index (χ1) is 12.1. The van der Waals surface area contributed by atoms with Gasteiger partial charge in [0.2, 0.25) is 5.91 Å². The molecule has 2 aromatic rings. The third kappa shape index (κ3) is 2.42. The number of benzene rings is 1. The van der Waals surface area contributed by atoms with Gasteiger partial charge in [-0.3, -0.25) is 9.59 Å². The smallest absolute Gasteiger partial charge is 0.321 e. The first-order valence-electron chi connectivity index (χ1n) is 8.44. The SMILES string of the molecule is COC(=O)C1(C(=O)N2Cc3nnc(-c4ccccc4)n3[C@@H](C)C2)CC1. The number of ether oxygens (including phenoxy) is 1. The van der Waals surface area contributed by atoms with Crippen LogP contribution in [0.2, 0.25) is 0 Å². The monoisotopic (exact) mass is 340 g/mol. The molecule has 1 aliphatic heterocycles. The van der Waals surface area contributed by atoms with Crippen LogP contribution in [-0.2, 0) is 20.9 Å². The summed E-state index contributed by atoms with van der Waals surface area (Å²) in [5, 5.41) is 8.61. The number of aromatic nitrogens is 3. The Morgan fingerprint density at radius 2 is 1.92 bits per heavy atom. The molecule has 7 nitrogen and oxygen atoms in total. The number of carbonyl (C=O) groups is 2. The Hall–Kier alpha value is -2.70. The van der Waals surface area contributed by atoms with Gasteiger partial charge in [0.05, 0.1) is 19.7 Å². The van der Waals surface area contributed by atoms with Crippen molar-refractivity contribution in [3.05, 3.63) is 36.2 Å². The summed E-state index contributed by atoms with van der Waals surface area (Å²) in [6, 6.07) is 9.92. The summed E-state index contributed by atoms with van der Waals surface area (Å²) in [7, 11) is 1.33. The molecule has 1 amide bonds. The lowest BCUT2D eigenvalue weighted by molar-refractivity contribution is -0.157. The second kappa shape index (κ2) is 5.68. The molecule has 2 aliphatic rings. The Balaban J connectivity index is 1.62. The van der Waals surface area contributed by atoms with Crippen LogP contribution < -0.4 is 0 Å². The highest BCUT2D eigenvalue weighted by Crippen LogP contribution is 2.49. The van der Waals surface area contributed by atoms with E-state index in [9.17, 15) is 9.59 Å². The van der Waals surface area contributed by atoms with Crippen LogP contribution in [-0.4, -0.2) is 45.2 Å². The standard InChI is InChI=1S/C18H20N4O3/c1-12-10-21(16(23)18(8-9-18)17(24)25-2)11-14-19-20-15(22(12)14)13-6-4-3-5-7-13/h3-7,12H,8-11H2,1-2H3/t12-/m0/s1. The maximum absolute atomic E-state index is 12.9. The zero-order valence-corrected chi connectivity index (χ0v) is 14.3. The highest BCUT2D eigenvalue weighted by molar-refractivity contribution is 6.05. The lowest BCUT2D eigenvalue weighted by Gasteiger charge is -2.34. The molecule has 25 heavy (non-hydrogen) atoms. The Morgan fingerprint density at radius 1 is 1.20 bits per heavy atom. The predicted molar refractivity (Wildman–Crippen MR) is 89.3 cm³/mol. The van der Waals surface area contributed by atoms with E-state index in [0.717, 1.165) is 17.2 Å². The van der Waals surface area contributed by atoms with Crippen molar-refractivity contribution in [3.63, 3.8) is 0 Å². The summed E-state index contributed by atoms with van der Waals surface area (Å²) in [5.41, 5.74) is 0.0277. The Morgan fingerprint density at radius 3 is 2.56 bits per heavy atom. The summed E-state index contributed by atoms with van der Waals surface area (Å²) in [6.07, 6.45) is 1.12. The molecule has 4 rings (SSSR count). The van der Waals surface area contributed by atoms with Crippen molar-refractivity contribution in [3.8, 4) is 11.4 Å². The maximum atomic E-state index is 12.9. The van der Waals surface area contributed by atoms with Crippen LogP contribution >= 0.6 is 0 Å². The van der Waals surface area contributed by atoms with Crippen LogP contribution in [0.15, 0.2) is 30.3 Å². The van der Waals surface area contributed by atoms with E-state index in [1.54, 1.807) is 4.90 Å². The zero-order chi connectivity index (χ0) is 17.6.